The van der Waals surface area contributed by atoms with Crippen molar-refractivity contribution in [3.05, 3.63) is 66.2 Å². The molecule has 3 saturated heterocycles. The number of carbonyl (C=O) groups is 3. The van der Waals surface area contributed by atoms with Gasteiger partial charge in [0.05, 0.1) is 30.1 Å². The topological polar surface area (TPSA) is 108 Å². The van der Waals surface area contributed by atoms with Crippen molar-refractivity contribution in [2.45, 2.75) is 96.1 Å². The molecular formula is C34H45N3O5. The van der Waals surface area contributed by atoms with Gasteiger partial charge in [0.15, 0.2) is 0 Å². The number of hydrogen-bond donors (Lipinski definition) is 3. The monoisotopic (exact) mass is 575 g/mol. The molecular weight excluding hydrogens is 530 g/mol. The summed E-state index contributed by atoms with van der Waals surface area (Å²) in [5, 5.41) is 17.0. The van der Waals surface area contributed by atoms with Gasteiger partial charge in [-0.15, -0.1) is 0 Å². The van der Waals surface area contributed by atoms with Gasteiger partial charge >= 0.3 is 0 Å². The lowest BCUT2D eigenvalue weighted by atomic mass is 9.65. The number of amides is 3. The van der Waals surface area contributed by atoms with Crippen molar-refractivity contribution in [2.75, 3.05) is 11.9 Å². The Morgan fingerprint density at radius 1 is 1.00 bits per heavy atom. The molecule has 0 radical (unpaired) electrons. The third-order valence-corrected chi connectivity index (χ3v) is 9.32. The van der Waals surface area contributed by atoms with Crippen LogP contribution in [0.15, 0.2) is 60.7 Å². The molecule has 3 amide bonds. The van der Waals surface area contributed by atoms with Gasteiger partial charge in [0, 0.05) is 11.2 Å². The standard InChI is InChI=1S/C34H45N3O5/c1-7-33-18-19-34(42-33)26(25(33)28(39)35-23-16-12-9-13-17-23)30(41)37(24(20-38)22-14-10-8-11-15-22)27(34)29(40)36-32(5,6)21-31(2,3)4/h8-17,24-27,38H,7,18-21H2,1-6H3,(H,35,39)(H,36,40)/t24-,25+,26+,27?,33-,34?/m1/s1. The number of hydrogen-bond acceptors (Lipinski definition) is 5. The molecule has 0 aliphatic carbocycles. The number of aliphatic hydroxyl groups excluding tert-OH is 1. The average molecular weight is 576 g/mol. The molecule has 2 aromatic rings. The van der Waals surface area contributed by atoms with Crippen LogP contribution in [0.1, 0.15) is 78.8 Å². The first-order valence-electron chi connectivity index (χ1n) is 15.1. The highest BCUT2D eigenvalue weighted by Gasteiger charge is 2.79. The van der Waals surface area contributed by atoms with E-state index in [9.17, 15) is 19.5 Å². The zero-order chi connectivity index (χ0) is 30.5. The van der Waals surface area contributed by atoms with Crippen molar-refractivity contribution >= 4 is 23.4 Å². The number of carbonyl (C=O) groups excluding carboxylic acids is 3. The number of para-hydroxylation sites is 1. The first kappa shape index (κ1) is 30.2. The third kappa shape index (κ3) is 5.13. The summed E-state index contributed by atoms with van der Waals surface area (Å²) >= 11 is 0. The number of likely N-dealkylation sites (tertiary alicyclic amines) is 1. The van der Waals surface area contributed by atoms with Crippen molar-refractivity contribution < 1.29 is 24.2 Å². The van der Waals surface area contributed by atoms with E-state index in [4.69, 9.17) is 4.74 Å². The highest BCUT2D eigenvalue weighted by molar-refractivity contribution is 6.02. The Labute approximate surface area is 249 Å². The minimum absolute atomic E-state index is 0.0460. The molecule has 2 unspecified atom stereocenters. The van der Waals surface area contributed by atoms with E-state index in [1.807, 2.05) is 81.4 Å². The van der Waals surface area contributed by atoms with Crippen molar-refractivity contribution in [1.82, 2.24) is 10.2 Å². The maximum Gasteiger partial charge on any atom is 0.246 e. The van der Waals surface area contributed by atoms with Crippen LogP contribution in [0.3, 0.4) is 0 Å². The Hall–Kier alpha value is -3.23. The Bertz CT molecular complexity index is 1320. The Morgan fingerprint density at radius 2 is 1.62 bits per heavy atom. The van der Waals surface area contributed by atoms with Crippen LogP contribution in [0.5, 0.6) is 0 Å². The Balaban J connectivity index is 1.59. The summed E-state index contributed by atoms with van der Waals surface area (Å²) in [6.07, 6.45) is 2.30. The summed E-state index contributed by atoms with van der Waals surface area (Å²) in [4.78, 5) is 44.7. The predicted octanol–water partition coefficient (Wildman–Crippen LogP) is 4.84. The van der Waals surface area contributed by atoms with E-state index >= 15 is 0 Å². The Kier molecular flexibility index (Phi) is 7.77. The van der Waals surface area contributed by atoms with E-state index in [1.165, 1.54) is 4.90 Å². The molecule has 3 fully saturated rings. The van der Waals surface area contributed by atoms with Crippen LogP contribution in [0.2, 0.25) is 0 Å². The van der Waals surface area contributed by atoms with Crippen LogP contribution in [0, 0.1) is 17.3 Å². The summed E-state index contributed by atoms with van der Waals surface area (Å²) in [5.74, 6) is -2.55. The number of nitrogens with zero attached hydrogens (tertiary/aromatic N) is 1. The summed E-state index contributed by atoms with van der Waals surface area (Å²) in [5.41, 5.74) is -1.29. The smallest absolute Gasteiger partial charge is 0.246 e. The molecule has 3 aliphatic heterocycles. The number of fused-ring (bicyclic) bond motifs is 1. The normalized spacial score (nSPS) is 29.4. The van der Waals surface area contributed by atoms with Gasteiger partial charge in [-0.2, -0.15) is 0 Å². The van der Waals surface area contributed by atoms with E-state index < -0.39 is 40.7 Å². The Morgan fingerprint density at radius 3 is 2.19 bits per heavy atom. The summed E-state index contributed by atoms with van der Waals surface area (Å²) < 4.78 is 6.91. The number of aliphatic hydroxyl groups is 1. The van der Waals surface area contributed by atoms with Crippen LogP contribution in [-0.2, 0) is 19.1 Å². The molecule has 1 spiro atoms. The number of nitrogens with one attached hydrogen (secondary N) is 2. The zero-order valence-corrected chi connectivity index (χ0v) is 25.6. The van der Waals surface area contributed by atoms with Crippen molar-refractivity contribution in [3.63, 3.8) is 0 Å². The van der Waals surface area contributed by atoms with Gasteiger partial charge in [-0.1, -0.05) is 76.2 Å². The van der Waals surface area contributed by atoms with Crippen LogP contribution in [-0.4, -0.2) is 57.1 Å². The fraction of sp³-hybridized carbons (Fsp3) is 0.559. The number of ether oxygens (including phenoxy) is 1. The molecule has 226 valence electrons. The van der Waals surface area contributed by atoms with Gasteiger partial charge in [0.25, 0.3) is 0 Å². The van der Waals surface area contributed by atoms with Crippen LogP contribution >= 0.6 is 0 Å². The van der Waals surface area contributed by atoms with Crippen LogP contribution in [0.25, 0.3) is 0 Å². The maximum absolute atomic E-state index is 14.7. The molecule has 0 aromatic heterocycles. The first-order chi connectivity index (χ1) is 19.8. The minimum Gasteiger partial charge on any atom is -0.394 e. The average Bonchev–Trinajstić information content (AvgIpc) is 3.52. The molecule has 42 heavy (non-hydrogen) atoms. The molecule has 2 aromatic carbocycles. The molecule has 3 N–H and O–H groups in total. The van der Waals surface area contributed by atoms with E-state index in [0.717, 1.165) is 5.56 Å². The van der Waals surface area contributed by atoms with Gasteiger partial charge < -0.3 is 25.4 Å². The SMILES string of the molecule is CC[C@]12CCC3(O1)C(C(=O)NC(C)(C)CC(C)(C)C)N([C@H](CO)c1ccccc1)C(=O)[C@@H]3[C@H]2C(=O)Nc1ccccc1. The van der Waals surface area contributed by atoms with E-state index in [-0.39, 0.29) is 29.7 Å². The predicted molar refractivity (Wildman–Crippen MR) is 161 cm³/mol. The van der Waals surface area contributed by atoms with Crippen LogP contribution in [0.4, 0.5) is 5.69 Å². The van der Waals surface area contributed by atoms with Gasteiger partial charge in [0.2, 0.25) is 17.7 Å². The first-order valence-corrected chi connectivity index (χ1v) is 15.1. The largest absolute Gasteiger partial charge is 0.394 e. The molecule has 3 heterocycles. The van der Waals surface area contributed by atoms with Crippen molar-refractivity contribution in [1.29, 1.82) is 0 Å². The summed E-state index contributed by atoms with van der Waals surface area (Å²) in [7, 11) is 0. The highest BCUT2D eigenvalue weighted by atomic mass is 16.5. The maximum atomic E-state index is 14.7. The van der Waals surface area contributed by atoms with Gasteiger partial charge in [0.1, 0.15) is 11.6 Å². The lowest BCUT2D eigenvalue weighted by molar-refractivity contribution is -0.151. The van der Waals surface area contributed by atoms with Gasteiger partial charge in [-0.25, -0.2) is 0 Å². The second kappa shape index (κ2) is 10.8. The lowest BCUT2D eigenvalue weighted by Gasteiger charge is -2.40. The fourth-order valence-electron chi connectivity index (χ4n) is 8.23. The van der Waals surface area contributed by atoms with Crippen molar-refractivity contribution in [2.24, 2.45) is 17.3 Å². The number of anilines is 1. The third-order valence-electron chi connectivity index (χ3n) is 9.32. The number of benzene rings is 2. The minimum atomic E-state index is -1.18. The van der Waals surface area contributed by atoms with Gasteiger partial charge in [-0.05, 0) is 62.6 Å². The van der Waals surface area contributed by atoms with E-state index in [1.54, 1.807) is 0 Å². The molecule has 0 saturated carbocycles. The zero-order valence-electron chi connectivity index (χ0n) is 25.6. The lowest BCUT2D eigenvalue weighted by Crippen LogP contribution is -2.60. The van der Waals surface area contributed by atoms with Crippen molar-refractivity contribution in [3.8, 4) is 0 Å². The molecule has 2 bridgehead atoms. The van der Waals surface area contributed by atoms with Gasteiger partial charge in [-0.3, -0.25) is 14.4 Å². The second-order valence-electron chi connectivity index (χ2n) is 14.2. The summed E-state index contributed by atoms with van der Waals surface area (Å²) in [6.45, 7) is 12.0. The summed E-state index contributed by atoms with van der Waals surface area (Å²) in [6, 6.07) is 16.7. The number of rotatable bonds is 9. The molecule has 5 rings (SSSR count). The molecule has 3 aliphatic rings. The molecule has 8 nitrogen and oxygen atoms in total. The van der Waals surface area contributed by atoms with E-state index in [2.05, 4.69) is 31.4 Å². The highest BCUT2D eigenvalue weighted by Crippen LogP contribution is 2.65. The van der Waals surface area contributed by atoms with Crippen LogP contribution < -0.4 is 10.6 Å². The fourth-order valence-corrected chi connectivity index (χ4v) is 8.23. The molecule has 6 atom stereocenters. The quantitative estimate of drug-likeness (QED) is 0.397. The second-order valence-corrected chi connectivity index (χ2v) is 14.2. The molecule has 8 heteroatoms. The van der Waals surface area contributed by atoms with E-state index in [0.29, 0.717) is 31.4 Å².